The van der Waals surface area contributed by atoms with E-state index in [1.807, 2.05) is 0 Å². The molecule has 0 unspecified atom stereocenters. The maximum absolute atomic E-state index is 7.57. The lowest BCUT2D eigenvalue weighted by atomic mass is 9.44. The molecule has 0 spiro atoms. The van der Waals surface area contributed by atoms with Gasteiger partial charge in [-0.1, -0.05) is 115 Å². The minimum absolute atomic E-state index is 0.00706. The second-order valence-electron chi connectivity index (χ2n) is 19.3. The molecule has 2 heteroatoms. The van der Waals surface area contributed by atoms with Crippen molar-refractivity contribution in [1.82, 2.24) is 0 Å². The molecule has 0 bridgehead atoms. The van der Waals surface area contributed by atoms with Gasteiger partial charge in [-0.15, -0.1) is 0 Å². The molecule has 0 amide bonds. The number of hydrogen-bond acceptors (Lipinski definition) is 2. The van der Waals surface area contributed by atoms with E-state index in [-0.39, 0.29) is 5.41 Å². The fourth-order valence-electron chi connectivity index (χ4n) is 14.5. The summed E-state index contributed by atoms with van der Waals surface area (Å²) in [5, 5.41) is 0. The summed E-state index contributed by atoms with van der Waals surface area (Å²) in [6.45, 7) is 13.7. The monoisotopic (exact) mass is 665 g/mol. The lowest BCUT2D eigenvalue weighted by Crippen LogP contribution is -2.55. The third-order valence-corrected chi connectivity index (χ3v) is 16.8. The van der Waals surface area contributed by atoms with Crippen molar-refractivity contribution in [3.63, 3.8) is 0 Å². The van der Waals surface area contributed by atoms with Gasteiger partial charge in [-0.3, -0.25) is 0 Å². The summed E-state index contributed by atoms with van der Waals surface area (Å²) in [5.74, 6) is 6.18. The Morgan fingerprint density at radius 3 is 2.12 bits per heavy atom. The molecule has 0 aromatic heterocycles. The van der Waals surface area contributed by atoms with E-state index in [0.29, 0.717) is 22.9 Å². The first-order chi connectivity index (χ1) is 23.7. The molecule has 5 saturated carbocycles. The van der Waals surface area contributed by atoms with E-state index in [9.17, 15) is 0 Å². The van der Waals surface area contributed by atoms with E-state index >= 15 is 0 Å². The number of hydrogen-bond donors (Lipinski definition) is 0. The molecule has 49 heavy (non-hydrogen) atoms. The third-order valence-electron chi connectivity index (χ3n) is 16.8. The van der Waals surface area contributed by atoms with E-state index in [2.05, 4.69) is 95.3 Å². The van der Waals surface area contributed by atoms with Gasteiger partial charge < -0.3 is 9.47 Å². The van der Waals surface area contributed by atoms with Gasteiger partial charge in [0.2, 0.25) is 0 Å². The van der Waals surface area contributed by atoms with Crippen molar-refractivity contribution in [2.75, 3.05) is 6.61 Å². The predicted molar refractivity (Wildman–Crippen MR) is 202 cm³/mol. The third kappa shape index (κ3) is 5.71. The molecule has 2 aromatic rings. The maximum Gasteiger partial charge on any atom is 0.175 e. The first-order valence-corrected chi connectivity index (χ1v) is 21.1. The quantitative estimate of drug-likeness (QED) is 0.252. The molecule has 1 aliphatic heterocycles. The Balaban J connectivity index is 0.983. The van der Waals surface area contributed by atoms with Crippen LogP contribution in [0.2, 0.25) is 0 Å². The van der Waals surface area contributed by atoms with E-state index in [0.717, 1.165) is 60.9 Å². The van der Waals surface area contributed by atoms with E-state index in [4.69, 9.17) is 9.47 Å². The first-order valence-electron chi connectivity index (χ1n) is 21.1. The van der Waals surface area contributed by atoms with Crippen molar-refractivity contribution in [2.24, 2.45) is 57.7 Å². The molecule has 268 valence electrons. The molecule has 6 fully saturated rings. The van der Waals surface area contributed by atoms with Gasteiger partial charge in [0.05, 0.1) is 12.7 Å². The minimum atomic E-state index is -0.462. The number of rotatable bonds is 10. The highest BCUT2D eigenvalue weighted by Gasteiger charge is 2.66. The molecule has 0 radical (unpaired) electrons. The van der Waals surface area contributed by atoms with E-state index < -0.39 is 5.79 Å². The van der Waals surface area contributed by atoms with Crippen molar-refractivity contribution in [2.45, 2.75) is 155 Å². The number of ether oxygens (including phenoxy) is 2. The average molecular weight is 665 g/mol. The standard InChI is InChI=1S/C47H68O2/c1-33(2)14-12-15-34(3)40-22-23-41-39-21-20-37-32-38(24-28-44(37,4)42(39)25-29-45(40,41)5)49-47-27-13-26-46(47,30-31-48-47)43(35-16-8-6-9-17-35)36-18-10-7-11-19-36/h6-11,16-19,33-34,37-43H,12-15,20-32H2,1-5H3/t34-,37+,38+,39+,40-,41+,42+,44+,45-,46+,47-/m1/s1. The summed E-state index contributed by atoms with van der Waals surface area (Å²) in [6, 6.07) is 22.6. The molecule has 1 saturated heterocycles. The molecule has 1 heterocycles. The molecule has 11 atom stereocenters. The molecule has 2 aromatic carbocycles. The van der Waals surface area contributed by atoms with E-state index in [1.54, 1.807) is 0 Å². The molecule has 0 N–H and O–H groups in total. The smallest absolute Gasteiger partial charge is 0.175 e. The van der Waals surface area contributed by atoms with Crippen LogP contribution in [0.3, 0.4) is 0 Å². The lowest BCUT2D eigenvalue weighted by molar-refractivity contribution is -0.284. The summed E-state index contributed by atoms with van der Waals surface area (Å²) >= 11 is 0. The highest BCUT2D eigenvalue weighted by atomic mass is 16.7. The zero-order chi connectivity index (χ0) is 33.9. The van der Waals surface area contributed by atoms with Gasteiger partial charge in [-0.05, 0) is 140 Å². The number of fused-ring (bicyclic) bond motifs is 6. The van der Waals surface area contributed by atoms with Gasteiger partial charge in [0, 0.05) is 17.8 Å². The maximum atomic E-state index is 7.57. The Morgan fingerprint density at radius 1 is 0.714 bits per heavy atom. The zero-order valence-corrected chi connectivity index (χ0v) is 31.8. The van der Waals surface area contributed by atoms with Crippen LogP contribution in [-0.4, -0.2) is 18.5 Å². The van der Waals surface area contributed by atoms with Crippen LogP contribution in [0.25, 0.3) is 0 Å². The van der Waals surface area contributed by atoms with Crippen LogP contribution < -0.4 is 0 Å². The second kappa shape index (κ2) is 13.4. The van der Waals surface area contributed by atoms with Crippen LogP contribution in [0.4, 0.5) is 0 Å². The minimum Gasteiger partial charge on any atom is -0.349 e. The zero-order valence-electron chi connectivity index (χ0n) is 31.8. The van der Waals surface area contributed by atoms with Crippen LogP contribution in [0.5, 0.6) is 0 Å². The number of benzene rings is 2. The van der Waals surface area contributed by atoms with Crippen LogP contribution in [-0.2, 0) is 9.47 Å². The van der Waals surface area contributed by atoms with Gasteiger partial charge in [-0.2, -0.15) is 0 Å². The Bertz CT molecular complexity index is 1350. The molecular weight excluding hydrogens is 597 g/mol. The van der Waals surface area contributed by atoms with Gasteiger partial charge in [-0.25, -0.2) is 0 Å². The molecule has 8 rings (SSSR count). The summed E-state index contributed by atoms with van der Waals surface area (Å²) in [5.41, 5.74) is 3.91. The molecule has 2 nitrogen and oxygen atoms in total. The largest absolute Gasteiger partial charge is 0.349 e. The highest BCUT2D eigenvalue weighted by molar-refractivity contribution is 5.37. The first kappa shape index (κ1) is 34.4. The highest BCUT2D eigenvalue weighted by Crippen LogP contribution is 2.70. The van der Waals surface area contributed by atoms with Gasteiger partial charge in [0.1, 0.15) is 0 Å². The van der Waals surface area contributed by atoms with Crippen LogP contribution in [0.15, 0.2) is 60.7 Å². The fourth-order valence-corrected chi connectivity index (χ4v) is 14.5. The van der Waals surface area contributed by atoms with Gasteiger partial charge in [0.25, 0.3) is 0 Å². The summed E-state index contributed by atoms with van der Waals surface area (Å²) < 4.78 is 14.5. The molecule has 5 aliphatic carbocycles. The molecular formula is C47H68O2. The SMILES string of the molecule is CC(C)CCC[C@@H](C)[C@H]1CC[C@H]2[C@@H]3CC[C@H]4C[C@@H](O[C@]56CCC[C@@]5(C(c5ccccc5)c5ccccc5)CCO6)CC[C@]4(C)[C@H]3CC[C@]12C. The Kier molecular flexibility index (Phi) is 9.42. The summed E-state index contributed by atoms with van der Waals surface area (Å²) in [4.78, 5) is 0. The lowest BCUT2D eigenvalue weighted by Gasteiger charge is -2.61. The molecule has 6 aliphatic rings. The topological polar surface area (TPSA) is 18.5 Å². The fraction of sp³-hybridized carbons (Fsp3) is 0.745. The van der Waals surface area contributed by atoms with E-state index in [1.165, 1.54) is 101 Å². The Morgan fingerprint density at radius 2 is 1.41 bits per heavy atom. The van der Waals surface area contributed by atoms with Crippen molar-refractivity contribution >= 4 is 0 Å². The average Bonchev–Trinajstić information content (AvgIpc) is 3.74. The normalized spacial score (nSPS) is 42.1. The Labute approximate surface area is 299 Å². The predicted octanol–water partition coefficient (Wildman–Crippen LogP) is 12.6. The van der Waals surface area contributed by atoms with Gasteiger partial charge in [0.15, 0.2) is 5.79 Å². The van der Waals surface area contributed by atoms with Gasteiger partial charge >= 0.3 is 0 Å². The van der Waals surface area contributed by atoms with Crippen LogP contribution in [0, 0.1) is 57.7 Å². The van der Waals surface area contributed by atoms with Crippen LogP contribution in [0.1, 0.15) is 154 Å². The summed E-state index contributed by atoms with van der Waals surface area (Å²) in [6.07, 6.45) is 21.8. The second-order valence-corrected chi connectivity index (χ2v) is 19.3. The van der Waals surface area contributed by atoms with Crippen molar-refractivity contribution in [3.05, 3.63) is 71.8 Å². The van der Waals surface area contributed by atoms with Crippen molar-refractivity contribution in [3.8, 4) is 0 Å². The van der Waals surface area contributed by atoms with Crippen molar-refractivity contribution < 1.29 is 9.47 Å². The Hall–Kier alpha value is -1.64. The van der Waals surface area contributed by atoms with Crippen LogP contribution >= 0.6 is 0 Å². The van der Waals surface area contributed by atoms with Crippen molar-refractivity contribution in [1.29, 1.82) is 0 Å². The summed E-state index contributed by atoms with van der Waals surface area (Å²) in [7, 11) is 0.